The molecule has 84 valence electrons. The summed E-state index contributed by atoms with van der Waals surface area (Å²) < 4.78 is 5.24. The minimum absolute atomic E-state index is 0.119. The molecule has 0 aromatic carbocycles. The van der Waals surface area contributed by atoms with Crippen LogP contribution in [0.15, 0.2) is 0 Å². The summed E-state index contributed by atoms with van der Waals surface area (Å²) in [6.45, 7) is 6.65. The van der Waals surface area contributed by atoms with Crippen LogP contribution >= 0.6 is 11.8 Å². The van der Waals surface area contributed by atoms with Crippen LogP contribution in [0.5, 0.6) is 0 Å². The number of thioether (sulfide) groups is 1. The summed E-state index contributed by atoms with van der Waals surface area (Å²) in [5.41, 5.74) is -0.468. The minimum Gasteiger partial charge on any atom is -0.444 e. The topological polar surface area (TPSA) is 53.3 Å². The first-order valence-corrected chi connectivity index (χ1v) is 5.96. The average molecular weight is 228 g/mol. The summed E-state index contributed by atoms with van der Waals surface area (Å²) in [5, 5.41) is 8.65. The molecule has 4 nitrogen and oxygen atoms in total. The fourth-order valence-electron chi connectivity index (χ4n) is 1.22. The quantitative estimate of drug-likeness (QED) is 0.635. The van der Waals surface area contributed by atoms with Crippen molar-refractivity contribution in [1.29, 1.82) is 5.26 Å². The van der Waals surface area contributed by atoms with E-state index in [4.69, 9.17) is 10.00 Å². The monoisotopic (exact) mass is 228 g/mol. The Labute approximate surface area is 94.6 Å². The minimum atomic E-state index is -0.468. The number of amides is 1. The molecular weight excluding hydrogens is 212 g/mol. The van der Waals surface area contributed by atoms with Crippen molar-refractivity contribution in [2.24, 2.45) is 0 Å². The van der Waals surface area contributed by atoms with Crippen molar-refractivity contribution < 1.29 is 9.53 Å². The fraction of sp³-hybridized carbons (Fsp3) is 0.800. The van der Waals surface area contributed by atoms with E-state index in [1.165, 1.54) is 0 Å². The molecule has 5 heteroatoms. The lowest BCUT2D eigenvalue weighted by Crippen LogP contribution is -2.44. The lowest BCUT2D eigenvalue weighted by molar-refractivity contribution is 0.0263. The molecule has 1 rings (SSSR count). The highest BCUT2D eigenvalue weighted by molar-refractivity contribution is 8.00. The number of rotatable bonds is 0. The Bertz CT molecular complexity index is 280. The maximum atomic E-state index is 11.7. The second-order valence-electron chi connectivity index (χ2n) is 4.41. The van der Waals surface area contributed by atoms with E-state index in [1.54, 1.807) is 16.7 Å². The molecule has 0 radical (unpaired) electrons. The zero-order valence-corrected chi connectivity index (χ0v) is 10.1. The van der Waals surface area contributed by atoms with Gasteiger partial charge < -0.3 is 9.64 Å². The molecule has 0 spiro atoms. The van der Waals surface area contributed by atoms with Gasteiger partial charge in [0.1, 0.15) is 10.9 Å². The van der Waals surface area contributed by atoms with Gasteiger partial charge in [-0.25, -0.2) is 4.79 Å². The predicted octanol–water partition coefficient (Wildman–Crippen LogP) is 1.86. The normalized spacial score (nSPS) is 22.0. The first-order valence-electron chi connectivity index (χ1n) is 4.91. The number of carbonyl (C=O) groups is 1. The molecule has 1 aliphatic heterocycles. The van der Waals surface area contributed by atoms with Gasteiger partial charge in [-0.1, -0.05) is 0 Å². The molecule has 0 aromatic heterocycles. The molecule has 0 saturated carbocycles. The second kappa shape index (κ2) is 4.75. The Morgan fingerprint density at radius 1 is 1.60 bits per heavy atom. The Morgan fingerprint density at radius 2 is 2.27 bits per heavy atom. The molecule has 1 fully saturated rings. The van der Waals surface area contributed by atoms with E-state index >= 15 is 0 Å². The first-order chi connectivity index (χ1) is 6.92. The Morgan fingerprint density at radius 3 is 2.80 bits per heavy atom. The molecule has 1 amide bonds. The van der Waals surface area contributed by atoms with E-state index in [0.29, 0.717) is 13.1 Å². The fourth-order valence-corrected chi connectivity index (χ4v) is 2.19. The number of hydrogen-bond donors (Lipinski definition) is 0. The maximum Gasteiger partial charge on any atom is 0.410 e. The van der Waals surface area contributed by atoms with E-state index in [-0.39, 0.29) is 11.3 Å². The van der Waals surface area contributed by atoms with Gasteiger partial charge in [0, 0.05) is 18.8 Å². The Balaban J connectivity index is 2.50. The SMILES string of the molecule is CC(C)(C)OC(=O)N1CCSC(C#N)C1. The third kappa shape index (κ3) is 4.00. The molecule has 0 aliphatic carbocycles. The van der Waals surface area contributed by atoms with Crippen molar-refractivity contribution in [3.8, 4) is 6.07 Å². The number of hydrogen-bond acceptors (Lipinski definition) is 4. The van der Waals surface area contributed by atoms with Gasteiger partial charge in [-0.3, -0.25) is 0 Å². The molecule has 1 heterocycles. The van der Waals surface area contributed by atoms with E-state index in [0.717, 1.165) is 5.75 Å². The van der Waals surface area contributed by atoms with Crippen LogP contribution in [0, 0.1) is 11.3 Å². The number of ether oxygens (including phenoxy) is 1. The van der Waals surface area contributed by atoms with Gasteiger partial charge in [-0.05, 0) is 20.8 Å². The molecule has 1 saturated heterocycles. The lowest BCUT2D eigenvalue weighted by atomic mass is 10.2. The summed E-state index contributed by atoms with van der Waals surface area (Å²) in [6, 6.07) is 2.17. The standard InChI is InChI=1S/C10H16N2O2S/c1-10(2,3)14-9(13)12-4-5-15-8(6-11)7-12/h8H,4-5,7H2,1-3H3. The van der Waals surface area contributed by atoms with E-state index in [9.17, 15) is 4.79 Å². The van der Waals surface area contributed by atoms with Crippen LogP contribution in [-0.4, -0.2) is 40.7 Å². The molecular formula is C10H16N2O2S. The third-order valence-electron chi connectivity index (χ3n) is 1.86. The highest BCUT2D eigenvalue weighted by Crippen LogP contribution is 2.19. The van der Waals surface area contributed by atoms with Gasteiger partial charge in [0.05, 0.1) is 6.07 Å². The number of nitriles is 1. The zero-order chi connectivity index (χ0) is 11.5. The van der Waals surface area contributed by atoms with Crippen molar-refractivity contribution in [2.75, 3.05) is 18.8 Å². The summed E-state index contributed by atoms with van der Waals surface area (Å²) in [7, 11) is 0. The summed E-state index contributed by atoms with van der Waals surface area (Å²) in [6.07, 6.45) is -0.317. The Hall–Kier alpha value is -0.890. The highest BCUT2D eigenvalue weighted by Gasteiger charge is 2.27. The van der Waals surface area contributed by atoms with Crippen LogP contribution in [0.25, 0.3) is 0 Å². The van der Waals surface area contributed by atoms with Crippen LogP contribution in [-0.2, 0) is 4.74 Å². The second-order valence-corrected chi connectivity index (χ2v) is 5.73. The summed E-state index contributed by atoms with van der Waals surface area (Å²) in [5.74, 6) is 0.803. The van der Waals surface area contributed by atoms with Crippen molar-refractivity contribution in [1.82, 2.24) is 4.90 Å². The molecule has 0 N–H and O–H groups in total. The van der Waals surface area contributed by atoms with Crippen LogP contribution in [0.3, 0.4) is 0 Å². The number of nitrogens with zero attached hydrogens (tertiary/aromatic N) is 2. The summed E-state index contributed by atoms with van der Waals surface area (Å²) >= 11 is 1.59. The molecule has 1 aliphatic rings. The van der Waals surface area contributed by atoms with Gasteiger partial charge in [0.25, 0.3) is 0 Å². The van der Waals surface area contributed by atoms with Crippen LogP contribution in [0.1, 0.15) is 20.8 Å². The van der Waals surface area contributed by atoms with Gasteiger partial charge in [-0.15, -0.1) is 11.8 Å². The van der Waals surface area contributed by atoms with Crippen molar-refractivity contribution in [3.05, 3.63) is 0 Å². The Kier molecular flexibility index (Phi) is 3.86. The molecule has 1 atom stereocenters. The van der Waals surface area contributed by atoms with Gasteiger partial charge >= 0.3 is 6.09 Å². The van der Waals surface area contributed by atoms with Gasteiger partial charge in [-0.2, -0.15) is 5.26 Å². The molecule has 0 aromatic rings. The zero-order valence-electron chi connectivity index (χ0n) is 9.32. The van der Waals surface area contributed by atoms with E-state index in [1.807, 2.05) is 20.8 Å². The highest BCUT2D eigenvalue weighted by atomic mass is 32.2. The third-order valence-corrected chi connectivity index (χ3v) is 2.94. The van der Waals surface area contributed by atoms with E-state index in [2.05, 4.69) is 6.07 Å². The average Bonchev–Trinajstić information content (AvgIpc) is 2.15. The summed E-state index contributed by atoms with van der Waals surface area (Å²) in [4.78, 5) is 13.3. The van der Waals surface area contributed by atoms with Crippen LogP contribution in [0.2, 0.25) is 0 Å². The number of carbonyl (C=O) groups excluding carboxylic acids is 1. The molecule has 15 heavy (non-hydrogen) atoms. The molecule has 0 bridgehead atoms. The van der Waals surface area contributed by atoms with Crippen LogP contribution < -0.4 is 0 Å². The van der Waals surface area contributed by atoms with Crippen molar-refractivity contribution >= 4 is 17.9 Å². The van der Waals surface area contributed by atoms with Crippen molar-refractivity contribution in [3.63, 3.8) is 0 Å². The lowest BCUT2D eigenvalue weighted by Gasteiger charge is -2.31. The largest absolute Gasteiger partial charge is 0.444 e. The molecule has 1 unspecified atom stereocenters. The van der Waals surface area contributed by atoms with E-state index < -0.39 is 5.60 Å². The first kappa shape index (κ1) is 12.2. The predicted molar refractivity (Wildman–Crippen MR) is 59.7 cm³/mol. The van der Waals surface area contributed by atoms with Gasteiger partial charge in [0.15, 0.2) is 0 Å². The van der Waals surface area contributed by atoms with Crippen LogP contribution in [0.4, 0.5) is 4.79 Å². The maximum absolute atomic E-state index is 11.7. The van der Waals surface area contributed by atoms with Crippen molar-refractivity contribution in [2.45, 2.75) is 31.6 Å². The smallest absolute Gasteiger partial charge is 0.410 e. The van der Waals surface area contributed by atoms with Gasteiger partial charge in [0.2, 0.25) is 0 Å².